The molecule has 0 fully saturated rings. The van der Waals surface area contributed by atoms with Crippen molar-refractivity contribution in [1.82, 2.24) is 9.97 Å². The van der Waals surface area contributed by atoms with E-state index in [0.717, 1.165) is 78.5 Å². The van der Waals surface area contributed by atoms with Crippen LogP contribution in [0.1, 0.15) is 75.9 Å². The second-order valence-electron chi connectivity index (χ2n) is 8.01. The van der Waals surface area contributed by atoms with E-state index in [2.05, 4.69) is 39.1 Å². The first kappa shape index (κ1) is 22.4. The van der Waals surface area contributed by atoms with Crippen molar-refractivity contribution in [2.24, 2.45) is 0 Å². The van der Waals surface area contributed by atoms with Crippen molar-refractivity contribution < 1.29 is 9.47 Å². The molecule has 0 radical (unpaired) electrons. The summed E-state index contributed by atoms with van der Waals surface area (Å²) in [6, 6.07) is 2.60. The maximum absolute atomic E-state index is 5.98. The van der Waals surface area contributed by atoms with Crippen molar-refractivity contribution in [1.29, 1.82) is 0 Å². The molecule has 1 N–H and O–H groups in total. The summed E-state index contributed by atoms with van der Waals surface area (Å²) in [6.07, 6.45) is 8.28. The summed E-state index contributed by atoms with van der Waals surface area (Å²) < 4.78 is 11.8. The molecule has 0 atom stereocenters. The van der Waals surface area contributed by atoms with Gasteiger partial charge < -0.3 is 14.8 Å². The Morgan fingerprint density at radius 2 is 1.63 bits per heavy atom. The molecule has 2 aromatic rings. The Bertz CT molecular complexity index is 875. The Morgan fingerprint density at radius 3 is 2.23 bits per heavy atom. The van der Waals surface area contributed by atoms with Crippen LogP contribution in [0.25, 0.3) is 11.3 Å². The summed E-state index contributed by atoms with van der Waals surface area (Å²) >= 11 is 0. The number of aryl methyl sites for hydroxylation is 3. The van der Waals surface area contributed by atoms with Crippen molar-refractivity contribution in [3.05, 3.63) is 28.6 Å². The molecule has 5 nitrogen and oxygen atoms in total. The van der Waals surface area contributed by atoms with E-state index in [0.29, 0.717) is 6.04 Å². The molecule has 1 heterocycles. The molecule has 3 rings (SSSR count). The molecule has 1 aliphatic rings. The van der Waals surface area contributed by atoms with Crippen LogP contribution in [0.15, 0.2) is 6.07 Å². The molecule has 0 saturated heterocycles. The molecule has 0 saturated carbocycles. The lowest BCUT2D eigenvalue weighted by Gasteiger charge is -2.25. The Balaban J connectivity index is 2.22. The molecule has 0 unspecified atom stereocenters. The van der Waals surface area contributed by atoms with Crippen LogP contribution in [0.5, 0.6) is 11.5 Å². The average molecular weight is 412 g/mol. The first-order valence-corrected chi connectivity index (χ1v) is 11.5. The minimum atomic E-state index is 0.410. The van der Waals surface area contributed by atoms with Crippen molar-refractivity contribution in [3.8, 4) is 22.8 Å². The molecule has 1 aromatic heterocycles. The number of methoxy groups -OCH3 is 2. The number of hydrogen-bond acceptors (Lipinski definition) is 5. The normalized spacial score (nSPS) is 13.3. The molecule has 0 spiro atoms. The third kappa shape index (κ3) is 4.26. The van der Waals surface area contributed by atoms with E-state index in [1.165, 1.54) is 24.0 Å². The number of ether oxygens (including phenoxy) is 2. The number of fused-ring (bicyclic) bond motifs is 1. The van der Waals surface area contributed by atoms with Crippen LogP contribution in [0, 0.1) is 0 Å². The Kier molecular flexibility index (Phi) is 7.57. The highest BCUT2D eigenvalue weighted by atomic mass is 16.5. The highest BCUT2D eigenvalue weighted by Gasteiger charge is 2.26. The van der Waals surface area contributed by atoms with E-state index >= 15 is 0 Å². The maximum atomic E-state index is 5.98. The van der Waals surface area contributed by atoms with Crippen LogP contribution < -0.4 is 14.8 Å². The van der Waals surface area contributed by atoms with Gasteiger partial charge in [0.25, 0.3) is 0 Å². The third-order valence-corrected chi connectivity index (χ3v) is 6.26. The molecule has 5 heteroatoms. The number of aromatic nitrogens is 2. The summed E-state index contributed by atoms with van der Waals surface area (Å²) in [4.78, 5) is 10.2. The van der Waals surface area contributed by atoms with Crippen LogP contribution in [-0.2, 0) is 25.7 Å². The van der Waals surface area contributed by atoms with Gasteiger partial charge in [-0.2, -0.15) is 0 Å². The third-order valence-electron chi connectivity index (χ3n) is 6.26. The van der Waals surface area contributed by atoms with Gasteiger partial charge in [0.1, 0.15) is 17.3 Å². The summed E-state index contributed by atoms with van der Waals surface area (Å²) in [5, 5.41) is 3.62. The fraction of sp³-hybridized carbons (Fsp3) is 0.600. The quantitative estimate of drug-likeness (QED) is 0.568. The highest BCUT2D eigenvalue weighted by Crippen LogP contribution is 2.45. The zero-order chi connectivity index (χ0) is 21.7. The lowest BCUT2D eigenvalue weighted by molar-refractivity contribution is 0.390. The van der Waals surface area contributed by atoms with E-state index in [4.69, 9.17) is 19.4 Å². The monoisotopic (exact) mass is 411 g/mol. The zero-order valence-electron chi connectivity index (χ0n) is 19.5. The first-order valence-electron chi connectivity index (χ1n) is 11.5. The summed E-state index contributed by atoms with van der Waals surface area (Å²) in [5.41, 5.74) is 6.47. The molecular weight excluding hydrogens is 374 g/mol. The second kappa shape index (κ2) is 10.1. The smallest absolute Gasteiger partial charge is 0.148 e. The van der Waals surface area contributed by atoms with E-state index < -0.39 is 0 Å². The molecule has 1 aromatic carbocycles. The number of rotatable bonds is 9. The Labute approximate surface area is 181 Å². The Morgan fingerprint density at radius 1 is 0.933 bits per heavy atom. The average Bonchev–Trinajstić information content (AvgIpc) is 2.80. The van der Waals surface area contributed by atoms with Gasteiger partial charge in [-0.15, -0.1) is 0 Å². The van der Waals surface area contributed by atoms with Gasteiger partial charge in [0.15, 0.2) is 0 Å². The summed E-state index contributed by atoms with van der Waals surface area (Å²) in [5.74, 6) is 2.66. The predicted octanol–water partition coefficient (Wildman–Crippen LogP) is 5.76. The van der Waals surface area contributed by atoms with Crippen LogP contribution in [0.3, 0.4) is 0 Å². The fourth-order valence-corrected chi connectivity index (χ4v) is 4.45. The van der Waals surface area contributed by atoms with Crippen molar-refractivity contribution in [3.63, 3.8) is 0 Å². The molecule has 1 aliphatic carbocycles. The predicted molar refractivity (Wildman–Crippen MR) is 124 cm³/mol. The van der Waals surface area contributed by atoms with Gasteiger partial charge in [-0.25, -0.2) is 9.97 Å². The van der Waals surface area contributed by atoms with Gasteiger partial charge in [0.05, 0.1) is 36.9 Å². The second-order valence-corrected chi connectivity index (χ2v) is 8.01. The molecule has 0 aliphatic heterocycles. The topological polar surface area (TPSA) is 56.3 Å². The summed E-state index contributed by atoms with van der Waals surface area (Å²) in [6.45, 7) is 8.69. The first-order chi connectivity index (χ1) is 14.6. The van der Waals surface area contributed by atoms with Crippen LogP contribution in [0.2, 0.25) is 0 Å². The van der Waals surface area contributed by atoms with Gasteiger partial charge in [-0.1, -0.05) is 27.7 Å². The van der Waals surface area contributed by atoms with E-state index in [-0.39, 0.29) is 0 Å². The van der Waals surface area contributed by atoms with Crippen LogP contribution >= 0.6 is 0 Å². The largest absolute Gasteiger partial charge is 0.496 e. The molecule has 0 bridgehead atoms. The zero-order valence-corrected chi connectivity index (χ0v) is 19.5. The molecule has 0 amide bonds. The lowest BCUT2D eigenvalue weighted by Crippen LogP contribution is -2.20. The number of nitrogens with zero attached hydrogens (tertiary/aromatic N) is 2. The minimum absolute atomic E-state index is 0.410. The van der Waals surface area contributed by atoms with Crippen LogP contribution in [0.4, 0.5) is 5.82 Å². The standard InChI is InChI=1S/C25H37N3O2/c1-7-17(8-2)26-25-20(10-4)27-23(19(9-3)28-25)22-21(29-5)15-16-13-11-12-14-18(16)24(22)30-6/h15,17H,7-14H2,1-6H3,(H,26,28). The van der Waals surface area contributed by atoms with Gasteiger partial charge in [-0.3, -0.25) is 0 Å². The number of hydrogen-bond donors (Lipinski definition) is 1. The number of nitrogens with one attached hydrogen (secondary N) is 1. The minimum Gasteiger partial charge on any atom is -0.496 e. The summed E-state index contributed by atoms with van der Waals surface area (Å²) in [7, 11) is 3.49. The molecule has 164 valence electrons. The fourth-order valence-electron chi connectivity index (χ4n) is 4.45. The van der Waals surface area contributed by atoms with Crippen LogP contribution in [-0.4, -0.2) is 30.2 Å². The van der Waals surface area contributed by atoms with Crippen molar-refractivity contribution in [2.75, 3.05) is 19.5 Å². The van der Waals surface area contributed by atoms with E-state index in [1.807, 2.05) is 0 Å². The lowest BCUT2D eigenvalue weighted by atomic mass is 9.87. The number of benzene rings is 1. The maximum Gasteiger partial charge on any atom is 0.148 e. The number of anilines is 1. The highest BCUT2D eigenvalue weighted by molar-refractivity contribution is 5.79. The van der Waals surface area contributed by atoms with Gasteiger partial charge >= 0.3 is 0 Å². The molecule has 30 heavy (non-hydrogen) atoms. The van der Waals surface area contributed by atoms with Crippen molar-refractivity contribution in [2.45, 2.75) is 85.1 Å². The molecular formula is C25H37N3O2. The SMILES string of the molecule is CCc1nc(-c2c(OC)cc3c(c2OC)CCCC3)c(CC)nc1NC(CC)CC. The van der Waals surface area contributed by atoms with Gasteiger partial charge in [0.2, 0.25) is 0 Å². The van der Waals surface area contributed by atoms with E-state index in [9.17, 15) is 0 Å². The van der Waals surface area contributed by atoms with Gasteiger partial charge in [-0.05, 0) is 68.6 Å². The van der Waals surface area contributed by atoms with E-state index in [1.54, 1.807) is 14.2 Å². The Hall–Kier alpha value is -2.30. The van der Waals surface area contributed by atoms with Crippen molar-refractivity contribution >= 4 is 5.82 Å². The van der Waals surface area contributed by atoms with Gasteiger partial charge in [0, 0.05) is 6.04 Å².